The van der Waals surface area contributed by atoms with E-state index in [0.29, 0.717) is 31.2 Å². The van der Waals surface area contributed by atoms with E-state index in [-0.39, 0.29) is 23.6 Å². The predicted octanol–water partition coefficient (Wildman–Crippen LogP) is 2.55. The SMILES string of the molecule is N#CC1CCC(CN2CCC([C@@H]3C=C4CN(C5CCC(=O)NC5=O)C(=O)C4=CC3)CC2)CC1. The molecule has 2 atom stereocenters. The van der Waals surface area contributed by atoms with E-state index in [1.807, 2.05) is 0 Å². The second-order valence-electron chi connectivity index (χ2n) is 10.6. The molecule has 0 aromatic heterocycles. The molecule has 1 unspecified atom stereocenters. The van der Waals surface area contributed by atoms with Gasteiger partial charge in [-0.2, -0.15) is 5.26 Å². The third-order valence-electron chi connectivity index (χ3n) is 8.56. The molecule has 4 fully saturated rings. The fraction of sp³-hybridized carbons (Fsp3) is 0.692. The summed E-state index contributed by atoms with van der Waals surface area (Å²) in [6.45, 7) is 3.94. The number of nitriles is 1. The Kier molecular flexibility index (Phi) is 6.38. The first-order chi connectivity index (χ1) is 16.0. The van der Waals surface area contributed by atoms with Crippen molar-refractivity contribution in [3.05, 3.63) is 23.3 Å². The summed E-state index contributed by atoms with van der Waals surface area (Å²) in [5, 5.41) is 11.5. The highest BCUT2D eigenvalue weighted by Crippen LogP contribution is 2.38. The van der Waals surface area contributed by atoms with Gasteiger partial charge in [-0.1, -0.05) is 12.2 Å². The molecule has 0 bridgehead atoms. The monoisotopic (exact) mass is 450 g/mol. The van der Waals surface area contributed by atoms with Gasteiger partial charge in [0.25, 0.3) is 5.91 Å². The van der Waals surface area contributed by atoms with Crippen LogP contribution < -0.4 is 5.32 Å². The summed E-state index contributed by atoms with van der Waals surface area (Å²) in [5.74, 6) is 1.47. The van der Waals surface area contributed by atoms with Crippen LogP contribution in [-0.4, -0.2) is 59.7 Å². The molecule has 0 spiro atoms. The summed E-state index contributed by atoms with van der Waals surface area (Å²) in [5.41, 5.74) is 1.83. The summed E-state index contributed by atoms with van der Waals surface area (Å²) >= 11 is 0. The molecule has 3 heterocycles. The Labute approximate surface area is 195 Å². The minimum Gasteiger partial charge on any atom is -0.322 e. The molecule has 0 aromatic carbocycles. The first kappa shape index (κ1) is 22.3. The minimum absolute atomic E-state index is 0.0601. The number of imide groups is 1. The Bertz CT molecular complexity index is 916. The zero-order chi connectivity index (χ0) is 22.9. The minimum atomic E-state index is -0.535. The molecule has 5 rings (SSSR count). The molecule has 2 aliphatic carbocycles. The molecule has 1 N–H and O–H groups in total. The topological polar surface area (TPSA) is 93.5 Å². The normalized spacial score (nSPS) is 33.8. The number of fused-ring (bicyclic) bond motifs is 1. The van der Waals surface area contributed by atoms with Crippen LogP contribution in [0.5, 0.6) is 0 Å². The lowest BCUT2D eigenvalue weighted by Crippen LogP contribution is -2.52. The van der Waals surface area contributed by atoms with Gasteiger partial charge in [-0.05, 0) is 87.8 Å². The molecule has 0 aromatic rings. The molecule has 33 heavy (non-hydrogen) atoms. The smallest absolute Gasteiger partial charge is 0.254 e. The molecule has 3 saturated heterocycles. The van der Waals surface area contributed by atoms with Gasteiger partial charge in [0.15, 0.2) is 0 Å². The van der Waals surface area contributed by atoms with Gasteiger partial charge >= 0.3 is 0 Å². The predicted molar refractivity (Wildman–Crippen MR) is 122 cm³/mol. The molecular formula is C26H34N4O3. The Balaban J connectivity index is 1.14. The van der Waals surface area contributed by atoms with Gasteiger partial charge in [-0.25, -0.2) is 0 Å². The van der Waals surface area contributed by atoms with Gasteiger partial charge in [-0.3, -0.25) is 19.7 Å². The van der Waals surface area contributed by atoms with Crippen molar-refractivity contribution in [3.8, 4) is 6.07 Å². The van der Waals surface area contributed by atoms with Gasteiger partial charge in [0, 0.05) is 31.0 Å². The third kappa shape index (κ3) is 4.63. The number of hydrogen-bond acceptors (Lipinski definition) is 5. The quantitative estimate of drug-likeness (QED) is 0.665. The third-order valence-corrected chi connectivity index (χ3v) is 8.56. The van der Waals surface area contributed by atoms with Crippen LogP contribution in [0.2, 0.25) is 0 Å². The first-order valence-corrected chi connectivity index (χ1v) is 12.7. The van der Waals surface area contributed by atoms with Crippen LogP contribution in [0.3, 0.4) is 0 Å². The van der Waals surface area contributed by atoms with Crippen molar-refractivity contribution in [2.75, 3.05) is 26.2 Å². The molecule has 3 aliphatic heterocycles. The van der Waals surface area contributed by atoms with Crippen LogP contribution in [0.25, 0.3) is 0 Å². The van der Waals surface area contributed by atoms with Gasteiger partial charge in [0.1, 0.15) is 6.04 Å². The number of carbonyl (C=O) groups excluding carboxylic acids is 3. The van der Waals surface area contributed by atoms with Crippen LogP contribution in [0.4, 0.5) is 0 Å². The van der Waals surface area contributed by atoms with Crippen molar-refractivity contribution in [1.29, 1.82) is 5.26 Å². The van der Waals surface area contributed by atoms with Crippen LogP contribution in [-0.2, 0) is 14.4 Å². The number of rotatable bonds is 4. The van der Waals surface area contributed by atoms with E-state index in [4.69, 9.17) is 5.26 Å². The second-order valence-corrected chi connectivity index (χ2v) is 10.6. The summed E-state index contributed by atoms with van der Waals surface area (Å²) < 4.78 is 0. The second kappa shape index (κ2) is 9.42. The van der Waals surface area contributed by atoms with Crippen molar-refractivity contribution in [3.63, 3.8) is 0 Å². The van der Waals surface area contributed by atoms with E-state index >= 15 is 0 Å². The van der Waals surface area contributed by atoms with Crippen LogP contribution in [0.1, 0.15) is 57.8 Å². The number of amides is 3. The van der Waals surface area contributed by atoms with Crippen molar-refractivity contribution in [1.82, 2.24) is 15.1 Å². The number of allylic oxidation sites excluding steroid dienone is 2. The van der Waals surface area contributed by atoms with Gasteiger partial charge in [0.2, 0.25) is 11.8 Å². The summed E-state index contributed by atoms with van der Waals surface area (Å²) in [6.07, 6.45) is 12.9. The van der Waals surface area contributed by atoms with Gasteiger partial charge in [0.05, 0.1) is 6.07 Å². The maximum Gasteiger partial charge on any atom is 0.254 e. The Morgan fingerprint density at radius 3 is 2.48 bits per heavy atom. The molecule has 7 heteroatoms. The zero-order valence-electron chi connectivity index (χ0n) is 19.3. The maximum absolute atomic E-state index is 12.9. The van der Waals surface area contributed by atoms with Crippen molar-refractivity contribution in [2.24, 2.45) is 23.7 Å². The lowest BCUT2D eigenvalue weighted by molar-refractivity contribution is -0.142. The van der Waals surface area contributed by atoms with Gasteiger partial charge < -0.3 is 9.80 Å². The molecular weight excluding hydrogens is 416 g/mol. The molecule has 5 aliphatic rings. The van der Waals surface area contributed by atoms with Crippen molar-refractivity contribution in [2.45, 2.75) is 63.8 Å². The number of likely N-dealkylation sites (tertiary alicyclic amines) is 2. The van der Waals surface area contributed by atoms with Gasteiger partial charge in [-0.15, -0.1) is 0 Å². The average Bonchev–Trinajstić information content (AvgIpc) is 3.15. The van der Waals surface area contributed by atoms with Crippen LogP contribution >= 0.6 is 0 Å². The van der Waals surface area contributed by atoms with E-state index in [1.165, 1.54) is 32.2 Å². The molecule has 0 radical (unpaired) electrons. The Morgan fingerprint density at radius 2 is 1.79 bits per heavy atom. The summed E-state index contributed by atoms with van der Waals surface area (Å²) in [6, 6.07) is 1.90. The fourth-order valence-corrected chi connectivity index (χ4v) is 6.54. The maximum atomic E-state index is 12.9. The largest absolute Gasteiger partial charge is 0.322 e. The standard InChI is InChI=1S/C26H34N4O3/c27-14-17-1-3-18(4-2-17)15-29-11-9-19(10-12-29)20-5-6-22-21(13-20)16-30(26(22)33)23-7-8-24(31)28-25(23)32/h6,13,17-20,23H,1-5,7-12,15-16H2,(H,28,31,32)/t17?,18?,20-,23?/m0/s1. The molecule has 1 saturated carbocycles. The van der Waals surface area contributed by atoms with E-state index in [0.717, 1.165) is 49.4 Å². The van der Waals surface area contributed by atoms with E-state index < -0.39 is 6.04 Å². The fourth-order valence-electron chi connectivity index (χ4n) is 6.54. The number of piperidine rings is 2. The summed E-state index contributed by atoms with van der Waals surface area (Å²) in [4.78, 5) is 41.0. The lowest BCUT2D eigenvalue weighted by Gasteiger charge is -2.38. The first-order valence-electron chi connectivity index (χ1n) is 12.7. The lowest BCUT2D eigenvalue weighted by atomic mass is 9.77. The average molecular weight is 451 g/mol. The zero-order valence-corrected chi connectivity index (χ0v) is 19.3. The molecule has 3 amide bonds. The highest BCUT2D eigenvalue weighted by Gasteiger charge is 2.42. The summed E-state index contributed by atoms with van der Waals surface area (Å²) in [7, 11) is 0. The number of nitrogens with zero attached hydrogens (tertiary/aromatic N) is 3. The van der Waals surface area contributed by atoms with E-state index in [2.05, 4.69) is 28.4 Å². The van der Waals surface area contributed by atoms with E-state index in [9.17, 15) is 14.4 Å². The number of hydrogen-bond donors (Lipinski definition) is 1. The van der Waals surface area contributed by atoms with Crippen LogP contribution in [0, 0.1) is 35.0 Å². The highest BCUT2D eigenvalue weighted by molar-refractivity contribution is 6.07. The van der Waals surface area contributed by atoms with Crippen molar-refractivity contribution >= 4 is 17.7 Å². The van der Waals surface area contributed by atoms with Crippen molar-refractivity contribution < 1.29 is 14.4 Å². The van der Waals surface area contributed by atoms with Crippen LogP contribution in [0.15, 0.2) is 23.3 Å². The molecule has 176 valence electrons. The van der Waals surface area contributed by atoms with E-state index in [1.54, 1.807) is 4.90 Å². The number of nitrogens with one attached hydrogen (secondary N) is 1. The molecule has 7 nitrogen and oxygen atoms in total. The highest BCUT2D eigenvalue weighted by atomic mass is 16.2. The number of carbonyl (C=O) groups is 3. The Hall–Kier alpha value is -2.46. The Morgan fingerprint density at radius 1 is 1.03 bits per heavy atom.